The minimum absolute atomic E-state index is 0.699. The number of likely N-dealkylation sites (tertiary alicyclic amines) is 1. The molecule has 1 N–H and O–H groups in total. The normalized spacial score (nSPS) is 27.9. The lowest BCUT2D eigenvalue weighted by Crippen LogP contribution is -2.27. The summed E-state index contributed by atoms with van der Waals surface area (Å²) in [5.41, 5.74) is 2.40. The Kier molecular flexibility index (Phi) is 3.85. The zero-order valence-electron chi connectivity index (χ0n) is 12.1. The topological polar surface area (TPSA) is 28.2 Å². The summed E-state index contributed by atoms with van der Waals surface area (Å²) in [6.45, 7) is 7.82. The number of nitrogens with one attached hydrogen (secondary N) is 1. The van der Waals surface area contributed by atoms with Crippen LogP contribution in [0.2, 0.25) is 0 Å². The molecular formula is C16H25N3. The Morgan fingerprint density at radius 1 is 1.26 bits per heavy atom. The Bertz CT molecular complexity index is 428. The monoisotopic (exact) mass is 259 g/mol. The predicted octanol–water partition coefficient (Wildman–Crippen LogP) is 2.56. The summed E-state index contributed by atoms with van der Waals surface area (Å²) in [4.78, 5) is 7.35. The largest absolute Gasteiger partial charge is 0.308 e. The molecule has 0 aromatic carbocycles. The molecule has 1 saturated heterocycles. The van der Waals surface area contributed by atoms with Crippen LogP contribution in [0.5, 0.6) is 0 Å². The smallest absolute Gasteiger partial charge is 0.0547 e. The van der Waals surface area contributed by atoms with Crippen molar-refractivity contribution in [2.24, 2.45) is 5.92 Å². The molecule has 2 heterocycles. The van der Waals surface area contributed by atoms with Crippen molar-refractivity contribution >= 4 is 0 Å². The molecule has 1 aliphatic heterocycles. The highest BCUT2D eigenvalue weighted by Crippen LogP contribution is 2.24. The molecule has 104 valence electrons. The molecule has 2 aliphatic rings. The van der Waals surface area contributed by atoms with Crippen molar-refractivity contribution < 1.29 is 0 Å². The van der Waals surface area contributed by atoms with Gasteiger partial charge in [-0.1, -0.05) is 13.0 Å². The van der Waals surface area contributed by atoms with E-state index in [0.29, 0.717) is 6.04 Å². The zero-order valence-corrected chi connectivity index (χ0v) is 12.1. The van der Waals surface area contributed by atoms with Gasteiger partial charge in [0.1, 0.15) is 0 Å². The van der Waals surface area contributed by atoms with Crippen LogP contribution < -0.4 is 5.32 Å². The second-order valence-corrected chi connectivity index (χ2v) is 6.39. The first-order valence-corrected chi connectivity index (χ1v) is 7.63. The van der Waals surface area contributed by atoms with Crippen molar-refractivity contribution in [1.29, 1.82) is 0 Å². The zero-order chi connectivity index (χ0) is 13.2. The van der Waals surface area contributed by atoms with Gasteiger partial charge < -0.3 is 5.32 Å². The Balaban J connectivity index is 1.58. The summed E-state index contributed by atoms with van der Waals surface area (Å²) in [6.07, 6.45) is 3.99. The van der Waals surface area contributed by atoms with Crippen molar-refractivity contribution in [3.05, 3.63) is 29.6 Å². The third kappa shape index (κ3) is 3.54. The number of pyridine rings is 1. The third-order valence-electron chi connectivity index (χ3n) is 4.29. The van der Waals surface area contributed by atoms with E-state index in [0.717, 1.165) is 25.0 Å². The molecule has 0 amide bonds. The lowest BCUT2D eigenvalue weighted by Gasteiger charge is -2.20. The number of rotatable bonds is 5. The molecule has 2 atom stereocenters. The van der Waals surface area contributed by atoms with Gasteiger partial charge in [-0.05, 0) is 44.2 Å². The first-order valence-electron chi connectivity index (χ1n) is 7.63. The molecule has 1 aromatic rings. The Hall–Kier alpha value is -0.930. The van der Waals surface area contributed by atoms with Crippen LogP contribution in [-0.2, 0) is 13.1 Å². The molecular weight excluding hydrogens is 234 g/mol. The molecule has 0 bridgehead atoms. The highest BCUT2D eigenvalue weighted by molar-refractivity contribution is 5.12. The summed E-state index contributed by atoms with van der Waals surface area (Å²) in [7, 11) is 0. The SMILES string of the molecule is CC1CC(C)N(Cc2cccc(CNC3CC3)n2)C1. The average molecular weight is 259 g/mol. The van der Waals surface area contributed by atoms with Crippen molar-refractivity contribution in [3.8, 4) is 0 Å². The molecule has 3 nitrogen and oxygen atoms in total. The van der Waals surface area contributed by atoms with E-state index in [2.05, 4.69) is 42.3 Å². The van der Waals surface area contributed by atoms with Gasteiger partial charge in [-0.3, -0.25) is 9.88 Å². The van der Waals surface area contributed by atoms with E-state index in [1.807, 2.05) is 0 Å². The molecule has 2 fully saturated rings. The van der Waals surface area contributed by atoms with E-state index in [1.165, 1.54) is 37.2 Å². The Labute approximate surface area is 116 Å². The van der Waals surface area contributed by atoms with Crippen LogP contribution in [-0.4, -0.2) is 28.5 Å². The van der Waals surface area contributed by atoms with E-state index >= 15 is 0 Å². The Morgan fingerprint density at radius 3 is 2.74 bits per heavy atom. The van der Waals surface area contributed by atoms with Crippen LogP contribution in [0.3, 0.4) is 0 Å². The molecule has 19 heavy (non-hydrogen) atoms. The van der Waals surface area contributed by atoms with Gasteiger partial charge in [-0.2, -0.15) is 0 Å². The number of hydrogen-bond acceptors (Lipinski definition) is 3. The third-order valence-corrected chi connectivity index (χ3v) is 4.29. The van der Waals surface area contributed by atoms with Gasteiger partial charge in [0, 0.05) is 31.7 Å². The number of hydrogen-bond donors (Lipinski definition) is 1. The first-order chi connectivity index (χ1) is 9.20. The highest BCUT2D eigenvalue weighted by Gasteiger charge is 2.26. The van der Waals surface area contributed by atoms with Crippen LogP contribution in [0, 0.1) is 5.92 Å². The van der Waals surface area contributed by atoms with Gasteiger partial charge >= 0.3 is 0 Å². The van der Waals surface area contributed by atoms with E-state index in [1.54, 1.807) is 0 Å². The fraction of sp³-hybridized carbons (Fsp3) is 0.688. The Morgan fingerprint density at radius 2 is 2.05 bits per heavy atom. The molecule has 0 spiro atoms. The summed E-state index contributed by atoms with van der Waals surface area (Å²) in [5, 5.41) is 3.53. The van der Waals surface area contributed by atoms with Gasteiger partial charge in [-0.25, -0.2) is 0 Å². The van der Waals surface area contributed by atoms with Gasteiger partial charge in [0.2, 0.25) is 0 Å². The van der Waals surface area contributed by atoms with Crippen molar-refractivity contribution in [3.63, 3.8) is 0 Å². The summed E-state index contributed by atoms with van der Waals surface area (Å²) >= 11 is 0. The van der Waals surface area contributed by atoms with Crippen LogP contribution in [0.1, 0.15) is 44.5 Å². The van der Waals surface area contributed by atoms with Crippen LogP contribution in [0.4, 0.5) is 0 Å². The molecule has 3 heteroatoms. The van der Waals surface area contributed by atoms with E-state index < -0.39 is 0 Å². The maximum absolute atomic E-state index is 4.79. The summed E-state index contributed by atoms with van der Waals surface area (Å²) in [6, 6.07) is 7.90. The molecule has 1 aromatic heterocycles. The molecule has 1 aliphatic carbocycles. The van der Waals surface area contributed by atoms with E-state index in [-0.39, 0.29) is 0 Å². The maximum atomic E-state index is 4.79. The van der Waals surface area contributed by atoms with Gasteiger partial charge in [-0.15, -0.1) is 0 Å². The van der Waals surface area contributed by atoms with Gasteiger partial charge in [0.25, 0.3) is 0 Å². The standard InChI is InChI=1S/C16H25N3/c1-12-8-13(2)19(10-12)11-16-5-3-4-15(18-16)9-17-14-6-7-14/h3-5,12-14,17H,6-11H2,1-2H3. The molecule has 3 rings (SSSR count). The summed E-state index contributed by atoms with van der Waals surface area (Å²) in [5.74, 6) is 0.828. The molecule has 1 saturated carbocycles. The minimum atomic E-state index is 0.699. The minimum Gasteiger partial charge on any atom is -0.308 e. The second kappa shape index (κ2) is 5.59. The van der Waals surface area contributed by atoms with E-state index in [9.17, 15) is 0 Å². The van der Waals surface area contributed by atoms with Crippen LogP contribution in [0.25, 0.3) is 0 Å². The van der Waals surface area contributed by atoms with Gasteiger partial charge in [0.15, 0.2) is 0 Å². The van der Waals surface area contributed by atoms with Crippen molar-refractivity contribution in [2.45, 2.75) is 58.3 Å². The van der Waals surface area contributed by atoms with Gasteiger partial charge in [0.05, 0.1) is 11.4 Å². The molecule has 2 unspecified atom stereocenters. The molecule has 0 radical (unpaired) electrons. The van der Waals surface area contributed by atoms with Crippen molar-refractivity contribution in [2.75, 3.05) is 6.54 Å². The first kappa shape index (κ1) is 13.1. The fourth-order valence-electron chi connectivity index (χ4n) is 3.07. The quantitative estimate of drug-likeness (QED) is 0.881. The lowest BCUT2D eigenvalue weighted by molar-refractivity contribution is 0.253. The van der Waals surface area contributed by atoms with Crippen LogP contribution in [0.15, 0.2) is 18.2 Å². The lowest BCUT2D eigenvalue weighted by atomic mass is 10.1. The predicted molar refractivity (Wildman–Crippen MR) is 77.8 cm³/mol. The average Bonchev–Trinajstić information content (AvgIpc) is 3.15. The number of nitrogens with zero attached hydrogens (tertiary/aromatic N) is 2. The fourth-order valence-corrected chi connectivity index (χ4v) is 3.07. The summed E-state index contributed by atoms with van der Waals surface area (Å²) < 4.78 is 0. The van der Waals surface area contributed by atoms with Crippen molar-refractivity contribution in [1.82, 2.24) is 15.2 Å². The maximum Gasteiger partial charge on any atom is 0.0547 e. The second-order valence-electron chi connectivity index (χ2n) is 6.39. The van der Waals surface area contributed by atoms with E-state index in [4.69, 9.17) is 4.98 Å². The number of aromatic nitrogens is 1. The highest BCUT2D eigenvalue weighted by atomic mass is 15.2. The van der Waals surface area contributed by atoms with Crippen LogP contribution >= 0.6 is 0 Å².